The standard InChI is InChI=1S/C16H26O2/c1-12-6-5-9-16(3,4)14(12)8-7-13(2)15-17-10-11-18-15/h7-8,13,15H,5-6,9-11H2,1-4H3/b8-7+. The topological polar surface area (TPSA) is 18.5 Å². The van der Waals surface area contributed by atoms with E-state index in [4.69, 9.17) is 9.47 Å². The van der Waals surface area contributed by atoms with Crippen LogP contribution in [0, 0.1) is 11.3 Å². The van der Waals surface area contributed by atoms with Crippen molar-refractivity contribution < 1.29 is 9.47 Å². The van der Waals surface area contributed by atoms with E-state index in [0.29, 0.717) is 11.3 Å². The van der Waals surface area contributed by atoms with Crippen LogP contribution in [0.4, 0.5) is 0 Å². The Labute approximate surface area is 111 Å². The molecule has 1 fully saturated rings. The van der Waals surface area contributed by atoms with Crippen molar-refractivity contribution >= 4 is 0 Å². The van der Waals surface area contributed by atoms with E-state index in [1.54, 1.807) is 5.57 Å². The Bertz CT molecular complexity index is 346. The third-order valence-corrected chi connectivity index (χ3v) is 4.19. The highest BCUT2D eigenvalue weighted by atomic mass is 16.7. The molecule has 0 aromatic rings. The monoisotopic (exact) mass is 250 g/mol. The van der Waals surface area contributed by atoms with Gasteiger partial charge < -0.3 is 9.47 Å². The molecule has 0 N–H and O–H groups in total. The van der Waals surface area contributed by atoms with Crippen LogP contribution in [0.15, 0.2) is 23.3 Å². The Morgan fingerprint density at radius 2 is 1.94 bits per heavy atom. The van der Waals surface area contributed by atoms with E-state index < -0.39 is 0 Å². The second kappa shape index (κ2) is 5.58. The van der Waals surface area contributed by atoms with Crippen molar-refractivity contribution in [1.29, 1.82) is 0 Å². The number of ether oxygens (including phenoxy) is 2. The first-order valence-corrected chi connectivity index (χ1v) is 7.12. The van der Waals surface area contributed by atoms with Crippen LogP contribution in [0.25, 0.3) is 0 Å². The summed E-state index contributed by atoms with van der Waals surface area (Å²) in [6.07, 6.45) is 8.36. The quantitative estimate of drug-likeness (QED) is 0.751. The normalized spacial score (nSPS) is 27.1. The minimum atomic E-state index is -0.0474. The van der Waals surface area contributed by atoms with E-state index in [1.165, 1.54) is 24.8 Å². The molecule has 102 valence electrons. The molecule has 2 nitrogen and oxygen atoms in total. The maximum atomic E-state index is 5.54. The van der Waals surface area contributed by atoms with Crippen LogP contribution in [-0.4, -0.2) is 19.5 Å². The average molecular weight is 250 g/mol. The Hall–Kier alpha value is -0.600. The molecule has 1 saturated heterocycles. The van der Waals surface area contributed by atoms with E-state index in [2.05, 4.69) is 39.8 Å². The van der Waals surface area contributed by atoms with Gasteiger partial charge in [0.1, 0.15) is 0 Å². The largest absolute Gasteiger partial charge is 0.350 e. The molecule has 2 rings (SSSR count). The van der Waals surface area contributed by atoms with E-state index in [0.717, 1.165) is 13.2 Å². The number of hydrogen-bond acceptors (Lipinski definition) is 2. The van der Waals surface area contributed by atoms with Gasteiger partial charge in [-0.2, -0.15) is 0 Å². The zero-order valence-electron chi connectivity index (χ0n) is 12.2. The van der Waals surface area contributed by atoms with Crippen molar-refractivity contribution in [3.63, 3.8) is 0 Å². The lowest BCUT2D eigenvalue weighted by Gasteiger charge is -2.33. The van der Waals surface area contributed by atoms with Crippen molar-refractivity contribution in [2.24, 2.45) is 11.3 Å². The van der Waals surface area contributed by atoms with Gasteiger partial charge in [0.15, 0.2) is 6.29 Å². The second-order valence-electron chi connectivity index (χ2n) is 6.26. The van der Waals surface area contributed by atoms with Crippen LogP contribution >= 0.6 is 0 Å². The fourth-order valence-electron chi connectivity index (χ4n) is 3.03. The van der Waals surface area contributed by atoms with Crippen molar-refractivity contribution in [2.75, 3.05) is 13.2 Å². The van der Waals surface area contributed by atoms with Gasteiger partial charge >= 0.3 is 0 Å². The first-order valence-electron chi connectivity index (χ1n) is 7.12. The Balaban J connectivity index is 2.06. The molecule has 0 aromatic carbocycles. The van der Waals surface area contributed by atoms with Crippen LogP contribution in [0.2, 0.25) is 0 Å². The van der Waals surface area contributed by atoms with Crippen LogP contribution in [0.1, 0.15) is 47.0 Å². The molecule has 1 aliphatic heterocycles. The van der Waals surface area contributed by atoms with Gasteiger partial charge in [-0.1, -0.05) is 38.5 Å². The number of allylic oxidation sites excluding steroid dienone is 3. The van der Waals surface area contributed by atoms with Crippen molar-refractivity contribution in [2.45, 2.75) is 53.2 Å². The van der Waals surface area contributed by atoms with Gasteiger partial charge in [-0.25, -0.2) is 0 Å². The van der Waals surface area contributed by atoms with E-state index in [1.807, 2.05) is 0 Å². The molecule has 2 heteroatoms. The summed E-state index contributed by atoms with van der Waals surface area (Å²) in [5, 5.41) is 0. The summed E-state index contributed by atoms with van der Waals surface area (Å²) in [5.74, 6) is 0.325. The van der Waals surface area contributed by atoms with Crippen molar-refractivity contribution in [3.8, 4) is 0 Å². The summed E-state index contributed by atoms with van der Waals surface area (Å²) >= 11 is 0. The smallest absolute Gasteiger partial charge is 0.163 e. The number of rotatable bonds is 3. The lowest BCUT2D eigenvalue weighted by atomic mass is 9.72. The highest BCUT2D eigenvalue weighted by Gasteiger charge is 2.27. The van der Waals surface area contributed by atoms with Gasteiger partial charge in [0, 0.05) is 5.92 Å². The molecule has 1 unspecified atom stereocenters. The van der Waals surface area contributed by atoms with Gasteiger partial charge in [-0.3, -0.25) is 0 Å². The maximum Gasteiger partial charge on any atom is 0.163 e. The molecule has 0 spiro atoms. The van der Waals surface area contributed by atoms with Gasteiger partial charge in [0.25, 0.3) is 0 Å². The zero-order chi connectivity index (χ0) is 13.2. The average Bonchev–Trinajstić information content (AvgIpc) is 2.80. The number of hydrogen-bond donors (Lipinski definition) is 0. The summed E-state index contributed by atoms with van der Waals surface area (Å²) in [6, 6.07) is 0. The predicted octanol–water partition coefficient (Wildman–Crippen LogP) is 4.08. The Morgan fingerprint density at radius 1 is 1.28 bits per heavy atom. The second-order valence-corrected chi connectivity index (χ2v) is 6.26. The summed E-state index contributed by atoms with van der Waals surface area (Å²) in [4.78, 5) is 0. The SMILES string of the molecule is CC1=C(/C=C/C(C)C2OCCO2)C(C)(C)CCC1. The molecule has 0 aromatic heterocycles. The van der Waals surface area contributed by atoms with Gasteiger partial charge in [-0.05, 0) is 37.2 Å². The summed E-state index contributed by atoms with van der Waals surface area (Å²) in [6.45, 7) is 10.6. The highest BCUT2D eigenvalue weighted by molar-refractivity contribution is 5.32. The fraction of sp³-hybridized carbons (Fsp3) is 0.750. The van der Waals surface area contributed by atoms with Crippen molar-refractivity contribution in [1.82, 2.24) is 0 Å². The third kappa shape index (κ3) is 3.04. The zero-order valence-corrected chi connectivity index (χ0v) is 12.2. The van der Waals surface area contributed by atoms with Crippen LogP contribution < -0.4 is 0 Å². The minimum Gasteiger partial charge on any atom is -0.350 e. The van der Waals surface area contributed by atoms with Crippen LogP contribution in [-0.2, 0) is 9.47 Å². The van der Waals surface area contributed by atoms with Crippen LogP contribution in [0.5, 0.6) is 0 Å². The third-order valence-electron chi connectivity index (χ3n) is 4.19. The lowest BCUT2D eigenvalue weighted by Crippen LogP contribution is -2.20. The Morgan fingerprint density at radius 3 is 2.56 bits per heavy atom. The Kier molecular flexibility index (Phi) is 4.29. The molecule has 1 aliphatic carbocycles. The maximum absolute atomic E-state index is 5.54. The van der Waals surface area contributed by atoms with E-state index in [-0.39, 0.29) is 6.29 Å². The first kappa shape index (κ1) is 13.8. The van der Waals surface area contributed by atoms with Crippen LogP contribution in [0.3, 0.4) is 0 Å². The van der Waals surface area contributed by atoms with Crippen molar-refractivity contribution in [3.05, 3.63) is 23.3 Å². The summed E-state index contributed by atoms with van der Waals surface area (Å²) in [7, 11) is 0. The van der Waals surface area contributed by atoms with Gasteiger partial charge in [0.2, 0.25) is 0 Å². The molecule has 2 aliphatic rings. The molecule has 0 amide bonds. The highest BCUT2D eigenvalue weighted by Crippen LogP contribution is 2.40. The molecule has 18 heavy (non-hydrogen) atoms. The molecule has 0 bridgehead atoms. The molecule has 1 atom stereocenters. The summed E-state index contributed by atoms with van der Waals surface area (Å²) in [5.41, 5.74) is 3.37. The first-order chi connectivity index (χ1) is 8.50. The fourth-order valence-corrected chi connectivity index (χ4v) is 3.03. The molecular formula is C16H26O2. The predicted molar refractivity (Wildman–Crippen MR) is 74.3 cm³/mol. The molecule has 1 heterocycles. The van der Waals surface area contributed by atoms with Gasteiger partial charge in [0.05, 0.1) is 13.2 Å². The van der Waals surface area contributed by atoms with E-state index in [9.17, 15) is 0 Å². The molecular weight excluding hydrogens is 224 g/mol. The molecule has 0 saturated carbocycles. The van der Waals surface area contributed by atoms with Gasteiger partial charge in [-0.15, -0.1) is 0 Å². The van der Waals surface area contributed by atoms with E-state index >= 15 is 0 Å². The summed E-state index contributed by atoms with van der Waals surface area (Å²) < 4.78 is 11.1. The lowest BCUT2D eigenvalue weighted by molar-refractivity contribution is -0.0657. The minimum absolute atomic E-state index is 0.0474. The molecule has 0 radical (unpaired) electrons.